The molecule has 1 aliphatic carbocycles. The molecule has 1 aromatic carbocycles. The maximum absolute atomic E-state index is 12.1. The van der Waals surface area contributed by atoms with Gasteiger partial charge in [-0.05, 0) is 44.7 Å². The van der Waals surface area contributed by atoms with Gasteiger partial charge in [0.15, 0.2) is 0 Å². The molecule has 3 N–H and O–H groups in total. The minimum Gasteiger partial charge on any atom is -0.497 e. The van der Waals surface area contributed by atoms with Crippen LogP contribution in [-0.4, -0.2) is 25.2 Å². The maximum atomic E-state index is 12.1. The van der Waals surface area contributed by atoms with E-state index in [1.165, 1.54) is 12.8 Å². The van der Waals surface area contributed by atoms with Crippen molar-refractivity contribution in [3.8, 4) is 11.5 Å². The lowest BCUT2D eigenvalue weighted by Gasteiger charge is -2.19. The number of nitrogens with two attached hydrogens (primary N) is 1. The van der Waals surface area contributed by atoms with E-state index in [9.17, 15) is 4.79 Å². The molecule has 5 heteroatoms. The van der Waals surface area contributed by atoms with Crippen LogP contribution < -0.4 is 20.5 Å². The van der Waals surface area contributed by atoms with E-state index in [0.29, 0.717) is 6.54 Å². The van der Waals surface area contributed by atoms with Crippen LogP contribution in [0.5, 0.6) is 11.5 Å². The van der Waals surface area contributed by atoms with Gasteiger partial charge in [0.1, 0.15) is 11.5 Å². The van der Waals surface area contributed by atoms with Gasteiger partial charge in [0.2, 0.25) is 5.91 Å². The third-order valence-corrected chi connectivity index (χ3v) is 4.53. The zero-order valence-electron chi connectivity index (χ0n) is 14.3. The van der Waals surface area contributed by atoms with Gasteiger partial charge in [-0.15, -0.1) is 0 Å². The quantitative estimate of drug-likeness (QED) is 0.810. The van der Waals surface area contributed by atoms with Crippen molar-refractivity contribution in [2.24, 2.45) is 11.7 Å². The molecule has 0 spiro atoms. The number of carbonyl (C=O) groups is 1. The molecule has 1 saturated carbocycles. The van der Waals surface area contributed by atoms with Gasteiger partial charge in [-0.3, -0.25) is 4.79 Å². The average molecular weight is 320 g/mol. The van der Waals surface area contributed by atoms with Crippen molar-refractivity contribution in [1.82, 2.24) is 5.32 Å². The molecule has 0 aromatic heterocycles. The molecule has 0 bridgehead atoms. The number of amides is 1. The molecule has 2 atom stereocenters. The number of nitrogens with one attached hydrogen (secondary N) is 1. The predicted octanol–water partition coefficient (Wildman–Crippen LogP) is 2.62. The maximum Gasteiger partial charge on any atom is 0.224 e. The van der Waals surface area contributed by atoms with Crippen LogP contribution >= 0.6 is 0 Å². The second-order valence-corrected chi connectivity index (χ2v) is 6.36. The van der Waals surface area contributed by atoms with Crippen LogP contribution in [0.1, 0.15) is 45.1 Å². The fourth-order valence-electron chi connectivity index (χ4n) is 2.69. The summed E-state index contributed by atoms with van der Waals surface area (Å²) in [4.78, 5) is 12.1. The van der Waals surface area contributed by atoms with Gasteiger partial charge in [-0.2, -0.15) is 0 Å². The zero-order valence-corrected chi connectivity index (χ0v) is 14.3. The van der Waals surface area contributed by atoms with E-state index >= 15 is 0 Å². The Morgan fingerprint density at radius 1 is 1.35 bits per heavy atom. The highest BCUT2D eigenvalue weighted by molar-refractivity contribution is 5.79. The number of methoxy groups -OCH3 is 1. The van der Waals surface area contributed by atoms with E-state index in [4.69, 9.17) is 15.2 Å². The largest absolute Gasteiger partial charge is 0.497 e. The number of hydrogen-bond donors (Lipinski definition) is 2. The first-order valence-corrected chi connectivity index (χ1v) is 8.38. The van der Waals surface area contributed by atoms with E-state index < -0.39 is 0 Å². The molecule has 0 saturated heterocycles. The molecule has 128 valence electrons. The van der Waals surface area contributed by atoms with Crippen LogP contribution in [0.4, 0.5) is 0 Å². The summed E-state index contributed by atoms with van der Waals surface area (Å²) in [5, 5.41) is 2.94. The van der Waals surface area contributed by atoms with Crippen molar-refractivity contribution in [1.29, 1.82) is 0 Å². The number of rotatable bonds is 7. The smallest absolute Gasteiger partial charge is 0.224 e. The van der Waals surface area contributed by atoms with Gasteiger partial charge in [0, 0.05) is 30.1 Å². The molecule has 1 aliphatic rings. The van der Waals surface area contributed by atoms with Gasteiger partial charge in [0.25, 0.3) is 0 Å². The van der Waals surface area contributed by atoms with Crippen LogP contribution in [0, 0.1) is 5.92 Å². The van der Waals surface area contributed by atoms with Crippen LogP contribution in [0.25, 0.3) is 0 Å². The van der Waals surface area contributed by atoms with Crippen LogP contribution in [-0.2, 0) is 11.3 Å². The summed E-state index contributed by atoms with van der Waals surface area (Å²) in [6, 6.07) is 5.56. The Morgan fingerprint density at radius 3 is 2.65 bits per heavy atom. The molecule has 0 aliphatic heterocycles. The summed E-state index contributed by atoms with van der Waals surface area (Å²) < 4.78 is 11.4. The summed E-state index contributed by atoms with van der Waals surface area (Å²) in [5.41, 5.74) is 6.74. The fourth-order valence-corrected chi connectivity index (χ4v) is 2.69. The highest BCUT2D eigenvalue weighted by Gasteiger charge is 2.20. The van der Waals surface area contributed by atoms with Crippen LogP contribution in [0.2, 0.25) is 0 Å². The highest BCUT2D eigenvalue weighted by atomic mass is 16.5. The predicted molar refractivity (Wildman–Crippen MR) is 90.5 cm³/mol. The Bertz CT molecular complexity index is 525. The molecule has 2 rings (SSSR count). The minimum absolute atomic E-state index is 0.0392. The molecule has 23 heavy (non-hydrogen) atoms. The third-order valence-electron chi connectivity index (χ3n) is 4.53. The Kier molecular flexibility index (Phi) is 6.28. The highest BCUT2D eigenvalue weighted by Crippen LogP contribution is 2.30. The lowest BCUT2D eigenvalue weighted by Crippen LogP contribution is -2.38. The molecule has 1 fully saturated rings. The lowest BCUT2D eigenvalue weighted by atomic mass is 10.0. The normalized spacial score (nSPS) is 17.6. The second-order valence-electron chi connectivity index (χ2n) is 6.36. The third kappa shape index (κ3) is 4.86. The van der Waals surface area contributed by atoms with Crippen molar-refractivity contribution in [3.05, 3.63) is 23.8 Å². The van der Waals surface area contributed by atoms with Crippen molar-refractivity contribution in [2.75, 3.05) is 7.11 Å². The standard InChI is InChI=1S/C18H28N2O3/c1-12(13(2)19)18(21)20-11-14-8-9-16(22-3)10-17(14)23-15-6-4-5-7-15/h8-10,12-13,15H,4-7,11,19H2,1-3H3,(H,20,21). The van der Waals surface area contributed by atoms with Gasteiger partial charge >= 0.3 is 0 Å². The topological polar surface area (TPSA) is 73.6 Å². The summed E-state index contributed by atoms with van der Waals surface area (Å²) in [7, 11) is 1.64. The summed E-state index contributed by atoms with van der Waals surface area (Å²) in [5.74, 6) is 1.30. The molecule has 0 heterocycles. The molecular formula is C18H28N2O3. The number of ether oxygens (including phenoxy) is 2. The van der Waals surface area contributed by atoms with Crippen molar-refractivity contribution < 1.29 is 14.3 Å². The van der Waals surface area contributed by atoms with Crippen molar-refractivity contribution in [3.63, 3.8) is 0 Å². The monoisotopic (exact) mass is 320 g/mol. The summed E-state index contributed by atoms with van der Waals surface area (Å²) in [6.07, 6.45) is 4.87. The SMILES string of the molecule is COc1ccc(CNC(=O)C(C)C(C)N)c(OC2CCCC2)c1. The van der Waals surface area contributed by atoms with Gasteiger partial charge in [-0.1, -0.05) is 6.92 Å². The second kappa shape index (κ2) is 8.20. The molecule has 5 nitrogen and oxygen atoms in total. The molecule has 0 radical (unpaired) electrons. The first-order chi connectivity index (χ1) is 11.0. The van der Waals surface area contributed by atoms with E-state index in [2.05, 4.69) is 5.32 Å². The van der Waals surface area contributed by atoms with Gasteiger partial charge < -0.3 is 20.5 Å². The minimum atomic E-state index is -0.215. The molecule has 2 unspecified atom stereocenters. The summed E-state index contributed by atoms with van der Waals surface area (Å²) >= 11 is 0. The molecular weight excluding hydrogens is 292 g/mol. The fraction of sp³-hybridized carbons (Fsp3) is 0.611. The number of carbonyl (C=O) groups excluding carboxylic acids is 1. The van der Waals surface area contributed by atoms with Gasteiger partial charge in [-0.25, -0.2) is 0 Å². The van der Waals surface area contributed by atoms with E-state index in [0.717, 1.165) is 29.9 Å². The zero-order chi connectivity index (χ0) is 16.8. The Hall–Kier alpha value is -1.75. The van der Waals surface area contributed by atoms with Crippen molar-refractivity contribution in [2.45, 2.75) is 58.2 Å². The van der Waals surface area contributed by atoms with Crippen LogP contribution in [0.3, 0.4) is 0 Å². The first kappa shape index (κ1) is 17.6. The number of benzene rings is 1. The lowest BCUT2D eigenvalue weighted by molar-refractivity contribution is -0.125. The Morgan fingerprint density at radius 2 is 2.04 bits per heavy atom. The first-order valence-electron chi connectivity index (χ1n) is 8.38. The van der Waals surface area contributed by atoms with Gasteiger partial charge in [0.05, 0.1) is 13.2 Å². The average Bonchev–Trinajstić information content (AvgIpc) is 3.05. The Balaban J connectivity index is 2.05. The van der Waals surface area contributed by atoms with E-state index in [-0.39, 0.29) is 24.0 Å². The Labute approximate surface area is 138 Å². The molecule has 1 aromatic rings. The molecule has 1 amide bonds. The summed E-state index contributed by atoms with van der Waals surface area (Å²) in [6.45, 7) is 4.11. The number of hydrogen-bond acceptors (Lipinski definition) is 4. The van der Waals surface area contributed by atoms with Crippen molar-refractivity contribution >= 4 is 5.91 Å². The van der Waals surface area contributed by atoms with Crippen LogP contribution in [0.15, 0.2) is 18.2 Å². The van der Waals surface area contributed by atoms with E-state index in [1.807, 2.05) is 32.0 Å². The van der Waals surface area contributed by atoms with E-state index in [1.54, 1.807) is 7.11 Å².